The van der Waals surface area contributed by atoms with Crippen molar-refractivity contribution in [3.8, 4) is 0 Å². The number of hydrogen-bond acceptors (Lipinski definition) is 2. The minimum Gasteiger partial charge on any atom is -0.291 e. The molecule has 0 bridgehead atoms. The van der Waals surface area contributed by atoms with Crippen LogP contribution in [-0.4, -0.2) is 18.0 Å². The van der Waals surface area contributed by atoms with Crippen LogP contribution in [0, 0.1) is 23.7 Å². The minimum absolute atomic E-state index is 0.644. The van der Waals surface area contributed by atoms with Crippen LogP contribution in [0.1, 0.15) is 78.1 Å². The van der Waals surface area contributed by atoms with Crippen molar-refractivity contribution in [2.45, 2.75) is 90.1 Å². The summed E-state index contributed by atoms with van der Waals surface area (Å²) in [6.45, 7) is 4.66. The van der Waals surface area contributed by atoms with E-state index >= 15 is 0 Å². The van der Waals surface area contributed by atoms with E-state index in [1.165, 1.54) is 64.2 Å². The Bertz CT molecular complexity index is 392. The highest BCUT2D eigenvalue weighted by atomic mass is 15.2. The van der Waals surface area contributed by atoms with E-state index in [9.17, 15) is 0 Å². The highest BCUT2D eigenvalue weighted by Gasteiger charge is 2.53. The lowest BCUT2D eigenvalue weighted by atomic mass is 9.63. The van der Waals surface area contributed by atoms with Crippen LogP contribution in [0.15, 0.2) is 0 Å². The molecule has 0 aromatic heterocycles. The summed E-state index contributed by atoms with van der Waals surface area (Å²) in [7, 11) is 0. The molecule has 0 spiro atoms. The Balaban J connectivity index is 1.74. The third-order valence-electron chi connectivity index (χ3n) is 6.66. The van der Waals surface area contributed by atoms with Crippen LogP contribution < -0.4 is 16.0 Å². The van der Waals surface area contributed by atoms with Crippen molar-refractivity contribution in [1.82, 2.24) is 5.32 Å². The third kappa shape index (κ3) is 3.14. The molecule has 3 heteroatoms. The molecule has 0 unspecified atom stereocenters. The van der Waals surface area contributed by atoms with Gasteiger partial charge in [0.15, 0.2) is 0 Å². The van der Waals surface area contributed by atoms with Gasteiger partial charge >= 0.3 is 5.96 Å². The van der Waals surface area contributed by atoms with E-state index in [0.29, 0.717) is 12.1 Å². The summed E-state index contributed by atoms with van der Waals surface area (Å²) in [5.74, 6) is 4.39. The Morgan fingerprint density at radius 2 is 1.95 bits per heavy atom. The van der Waals surface area contributed by atoms with Crippen LogP contribution in [0.5, 0.6) is 0 Å². The van der Waals surface area contributed by atoms with Crippen LogP contribution in [0.25, 0.3) is 0 Å². The van der Waals surface area contributed by atoms with Gasteiger partial charge in [-0.2, -0.15) is 0 Å². The smallest absolute Gasteiger partial charge is 0.291 e. The Morgan fingerprint density at radius 3 is 2.73 bits per heavy atom. The predicted octanol–water partition coefficient (Wildman–Crippen LogP) is 2.15. The first-order chi connectivity index (χ1) is 10.7. The largest absolute Gasteiger partial charge is 0.341 e. The van der Waals surface area contributed by atoms with Crippen LogP contribution in [0.4, 0.5) is 0 Å². The quantitative estimate of drug-likeness (QED) is 0.631. The van der Waals surface area contributed by atoms with E-state index in [-0.39, 0.29) is 0 Å². The fraction of sp³-hybridized carbons (Fsp3) is 0.947. The first-order valence-electron chi connectivity index (χ1n) is 9.90. The summed E-state index contributed by atoms with van der Waals surface area (Å²) in [6.07, 6.45) is 13.9. The Labute approximate surface area is 136 Å². The van der Waals surface area contributed by atoms with Crippen LogP contribution in [-0.2, 0) is 0 Å². The lowest BCUT2D eigenvalue weighted by Gasteiger charge is -2.45. The molecule has 2 fully saturated rings. The molecular weight excluding hydrogens is 270 g/mol. The lowest BCUT2D eigenvalue weighted by molar-refractivity contribution is -0.543. The molecule has 0 aromatic carbocycles. The molecule has 6 atom stereocenters. The van der Waals surface area contributed by atoms with Gasteiger partial charge in [-0.05, 0) is 43.4 Å². The predicted molar refractivity (Wildman–Crippen MR) is 92.3 cm³/mol. The van der Waals surface area contributed by atoms with Crippen molar-refractivity contribution in [3.63, 3.8) is 0 Å². The van der Waals surface area contributed by atoms with Gasteiger partial charge in [0, 0.05) is 5.92 Å². The number of rotatable bonds is 7. The molecule has 4 N–H and O–H groups in total. The first kappa shape index (κ1) is 16.1. The molecule has 1 aliphatic heterocycles. The van der Waals surface area contributed by atoms with Crippen LogP contribution in [0.2, 0.25) is 0 Å². The van der Waals surface area contributed by atoms with Gasteiger partial charge in [-0.1, -0.05) is 52.4 Å². The fourth-order valence-corrected chi connectivity index (χ4v) is 5.79. The monoisotopic (exact) mass is 306 g/mol. The number of nitrogens with one attached hydrogen (secondary N) is 2. The molecule has 0 aromatic rings. The Hall–Kier alpha value is -0.730. The number of hydrogen-bond donors (Lipinski definition) is 3. The maximum atomic E-state index is 6.18. The fourth-order valence-electron chi connectivity index (χ4n) is 5.79. The molecule has 1 heterocycles. The van der Waals surface area contributed by atoms with Gasteiger partial charge < -0.3 is 0 Å². The molecule has 2 aliphatic carbocycles. The first-order valence-corrected chi connectivity index (χ1v) is 9.90. The van der Waals surface area contributed by atoms with Crippen molar-refractivity contribution < 1.29 is 4.99 Å². The molecule has 22 heavy (non-hydrogen) atoms. The lowest BCUT2D eigenvalue weighted by Crippen LogP contribution is -2.92. The van der Waals surface area contributed by atoms with Crippen molar-refractivity contribution in [2.75, 3.05) is 0 Å². The number of nitrogens with two attached hydrogens (primary N) is 1. The number of unbranched alkanes of at least 4 members (excludes halogenated alkanes) is 3. The van der Waals surface area contributed by atoms with Crippen LogP contribution in [0.3, 0.4) is 0 Å². The standard InChI is InChI=1S/C19H35N3/c1-3-5-6-7-9-15-13(8-4-2)12-14-10-11-16-17(14)18(15)22-19(20)21-16/h13-18H,3-12H2,1-2H3,(H3,20,21,22)/p+1/t13-,14+,15+,16+,17-,18-/m1/s1. The minimum atomic E-state index is 0.644. The average molecular weight is 307 g/mol. The zero-order valence-corrected chi connectivity index (χ0v) is 14.6. The van der Waals surface area contributed by atoms with E-state index in [4.69, 9.17) is 5.73 Å². The molecule has 3 rings (SSSR count). The highest BCUT2D eigenvalue weighted by molar-refractivity contribution is 5.72. The SMILES string of the molecule is CCCCCC[C@H]1[C@H](CCC)C[C@@H]2CC[C@@H]3NC(N)=[NH+][C@H]1[C@H]23. The second kappa shape index (κ2) is 7.23. The van der Waals surface area contributed by atoms with Crippen molar-refractivity contribution >= 4 is 5.96 Å². The van der Waals surface area contributed by atoms with Gasteiger partial charge in [-0.15, -0.1) is 0 Å². The summed E-state index contributed by atoms with van der Waals surface area (Å²) in [5, 5.41) is 3.53. The van der Waals surface area contributed by atoms with Gasteiger partial charge in [0.2, 0.25) is 0 Å². The summed E-state index contributed by atoms with van der Waals surface area (Å²) >= 11 is 0. The topological polar surface area (TPSA) is 52.0 Å². The van der Waals surface area contributed by atoms with E-state index in [1.807, 2.05) is 0 Å². The summed E-state index contributed by atoms with van der Waals surface area (Å²) in [6, 6.07) is 1.29. The van der Waals surface area contributed by atoms with E-state index in [2.05, 4.69) is 24.2 Å². The molecule has 0 amide bonds. The second-order valence-corrected chi connectivity index (χ2v) is 8.05. The van der Waals surface area contributed by atoms with Gasteiger partial charge in [-0.25, -0.2) is 0 Å². The van der Waals surface area contributed by atoms with Gasteiger partial charge in [-0.3, -0.25) is 16.0 Å². The Morgan fingerprint density at radius 1 is 1.09 bits per heavy atom. The summed E-state index contributed by atoms with van der Waals surface area (Å²) < 4.78 is 0. The molecule has 126 valence electrons. The van der Waals surface area contributed by atoms with E-state index in [0.717, 1.165) is 29.6 Å². The van der Waals surface area contributed by atoms with E-state index in [1.54, 1.807) is 0 Å². The maximum absolute atomic E-state index is 6.18. The third-order valence-corrected chi connectivity index (χ3v) is 6.66. The molecule has 2 saturated carbocycles. The zero-order chi connectivity index (χ0) is 15.5. The van der Waals surface area contributed by atoms with Gasteiger partial charge in [0.1, 0.15) is 0 Å². The molecule has 0 saturated heterocycles. The van der Waals surface area contributed by atoms with Crippen molar-refractivity contribution in [3.05, 3.63) is 0 Å². The second-order valence-electron chi connectivity index (χ2n) is 8.05. The molecule has 0 radical (unpaired) electrons. The molecular formula is C19H36N3+. The highest BCUT2D eigenvalue weighted by Crippen LogP contribution is 2.48. The zero-order valence-electron chi connectivity index (χ0n) is 14.6. The Kier molecular flexibility index (Phi) is 5.30. The summed E-state index contributed by atoms with van der Waals surface area (Å²) in [4.78, 5) is 3.68. The van der Waals surface area contributed by atoms with Gasteiger partial charge in [0.05, 0.1) is 12.1 Å². The van der Waals surface area contributed by atoms with E-state index < -0.39 is 0 Å². The van der Waals surface area contributed by atoms with Gasteiger partial charge in [0.25, 0.3) is 0 Å². The summed E-state index contributed by atoms with van der Waals surface area (Å²) in [5.41, 5.74) is 6.18. The number of guanidine groups is 1. The van der Waals surface area contributed by atoms with Crippen molar-refractivity contribution in [2.24, 2.45) is 29.4 Å². The average Bonchev–Trinajstić information content (AvgIpc) is 2.89. The van der Waals surface area contributed by atoms with Crippen molar-refractivity contribution in [1.29, 1.82) is 0 Å². The maximum Gasteiger partial charge on any atom is 0.341 e. The van der Waals surface area contributed by atoms with Crippen LogP contribution >= 0.6 is 0 Å². The normalized spacial score (nSPS) is 40.0. The molecule has 3 nitrogen and oxygen atoms in total. The molecule has 3 aliphatic rings.